The number of nitrogens with zero attached hydrogens (tertiary/aromatic N) is 1. The first kappa shape index (κ1) is 71.2. The van der Waals surface area contributed by atoms with Crippen LogP contribution in [-0.4, -0.2) is 68.5 Å². The molecule has 0 rings (SSSR count). The minimum absolute atomic E-state index is 0.0150. The minimum Gasteiger partial charge on any atom is -0.756 e. The van der Waals surface area contributed by atoms with Gasteiger partial charge in [-0.15, -0.1) is 0 Å². The maximum Gasteiger partial charge on any atom is 0.268 e. The molecule has 0 aromatic heterocycles. The van der Waals surface area contributed by atoms with Crippen molar-refractivity contribution in [2.45, 2.75) is 347 Å². The first-order chi connectivity index (χ1) is 35.0. The zero-order chi connectivity index (χ0) is 52.7. The summed E-state index contributed by atoms with van der Waals surface area (Å²) in [6, 6.07) is -0.799. The van der Waals surface area contributed by atoms with E-state index in [0.717, 1.165) is 38.5 Å². The second-order valence-corrected chi connectivity index (χ2v) is 24.9. The van der Waals surface area contributed by atoms with Gasteiger partial charge in [-0.2, -0.15) is 0 Å². The Balaban J connectivity index is 4.06. The molecule has 2 N–H and O–H groups in total. The Hall–Kier alpha value is -0.760. The summed E-state index contributed by atoms with van der Waals surface area (Å²) in [5, 5.41) is 14.1. The highest BCUT2D eigenvalue weighted by Crippen LogP contribution is 2.38. The Morgan fingerprint density at radius 2 is 0.764 bits per heavy atom. The quantitative estimate of drug-likeness (QED) is 0.0272. The van der Waals surface area contributed by atoms with E-state index < -0.39 is 20.0 Å². The standard InChI is InChI=1S/C63H127N2O6P/c1-6-8-10-12-14-16-18-20-22-24-26-28-30-31-32-33-34-35-37-39-41-43-45-47-49-51-53-55-57-63(67)64-61(60-71-72(68,69)70-59-58-65(3,4)5)62(66)56-54-52-50-48-46-44-42-40-38-36-29-27-25-23-21-19-17-15-13-11-9-7-2/h31-32,61-62,66H,6-30,33-60H2,1-5H3,(H-,64,67,68,69)/b32-31-. The maximum absolute atomic E-state index is 13.0. The van der Waals surface area contributed by atoms with Gasteiger partial charge < -0.3 is 28.8 Å². The molecule has 0 fully saturated rings. The highest BCUT2D eigenvalue weighted by molar-refractivity contribution is 7.45. The van der Waals surface area contributed by atoms with Gasteiger partial charge in [0.1, 0.15) is 13.2 Å². The van der Waals surface area contributed by atoms with Crippen LogP contribution in [0.4, 0.5) is 0 Å². The molecule has 3 unspecified atom stereocenters. The molecule has 0 saturated heterocycles. The van der Waals surface area contributed by atoms with Gasteiger partial charge in [-0.3, -0.25) is 9.36 Å². The largest absolute Gasteiger partial charge is 0.756 e. The molecule has 0 aromatic rings. The van der Waals surface area contributed by atoms with Crippen LogP contribution in [-0.2, 0) is 18.4 Å². The average Bonchev–Trinajstić information content (AvgIpc) is 3.34. The number of allylic oxidation sites excluding steroid dienone is 2. The van der Waals surface area contributed by atoms with E-state index in [1.807, 2.05) is 21.1 Å². The SMILES string of the molecule is CCCCCCCCCCCCCC/C=C\CCCCCCCCCCCCCCC(=O)NC(COP(=O)([O-])OCC[N+](C)(C)C)C(O)CCCCCCCCCCCCCCCCCCCCCCCC. The predicted octanol–water partition coefficient (Wildman–Crippen LogP) is 19.1. The van der Waals surface area contributed by atoms with Crippen LogP contribution < -0.4 is 10.2 Å². The Kier molecular flexibility index (Phi) is 54.4. The Morgan fingerprint density at radius 3 is 1.08 bits per heavy atom. The number of unbranched alkanes of at least 4 members (excludes halogenated alkanes) is 45. The van der Waals surface area contributed by atoms with Crippen molar-refractivity contribution in [2.75, 3.05) is 40.9 Å². The predicted molar refractivity (Wildman–Crippen MR) is 312 cm³/mol. The fourth-order valence-corrected chi connectivity index (χ4v) is 10.7. The molecule has 0 bridgehead atoms. The number of carbonyl (C=O) groups excluding carboxylic acids is 1. The number of amides is 1. The van der Waals surface area contributed by atoms with Crippen LogP contribution >= 0.6 is 7.82 Å². The van der Waals surface area contributed by atoms with Crippen molar-refractivity contribution in [1.82, 2.24) is 5.32 Å². The fourth-order valence-electron chi connectivity index (χ4n) is 9.98. The molecule has 0 aliphatic heterocycles. The van der Waals surface area contributed by atoms with Gasteiger partial charge in [0, 0.05) is 6.42 Å². The molecule has 0 spiro atoms. The Labute approximate surface area is 450 Å². The zero-order valence-corrected chi connectivity index (χ0v) is 50.1. The summed E-state index contributed by atoms with van der Waals surface area (Å²) in [6.45, 7) is 4.78. The molecule has 72 heavy (non-hydrogen) atoms. The summed E-state index contributed by atoms with van der Waals surface area (Å²) >= 11 is 0. The molecule has 0 heterocycles. The van der Waals surface area contributed by atoms with Crippen LogP contribution in [0.15, 0.2) is 12.2 Å². The number of phosphoric ester groups is 1. The number of phosphoric acid groups is 1. The molecule has 0 radical (unpaired) electrons. The lowest BCUT2D eigenvalue weighted by atomic mass is 10.0. The number of nitrogens with one attached hydrogen (secondary N) is 1. The molecule has 0 aliphatic carbocycles. The summed E-state index contributed by atoms with van der Waals surface area (Å²) in [5.41, 5.74) is 0. The van der Waals surface area contributed by atoms with E-state index >= 15 is 0 Å². The third-order valence-corrected chi connectivity index (χ3v) is 16.0. The van der Waals surface area contributed by atoms with Gasteiger partial charge >= 0.3 is 0 Å². The maximum atomic E-state index is 13.0. The molecule has 9 heteroatoms. The molecular formula is C63H127N2O6P. The van der Waals surface area contributed by atoms with Crippen LogP contribution in [0, 0.1) is 0 Å². The van der Waals surface area contributed by atoms with Crippen molar-refractivity contribution >= 4 is 13.7 Å². The van der Waals surface area contributed by atoms with Crippen molar-refractivity contribution < 1.29 is 32.9 Å². The van der Waals surface area contributed by atoms with Gasteiger partial charge in [-0.1, -0.05) is 302 Å². The van der Waals surface area contributed by atoms with Crippen LogP contribution in [0.2, 0.25) is 0 Å². The number of hydrogen-bond donors (Lipinski definition) is 2. The average molecular weight is 1040 g/mol. The lowest BCUT2D eigenvalue weighted by molar-refractivity contribution is -0.870. The molecule has 0 aliphatic rings. The molecular weight excluding hydrogens is 912 g/mol. The van der Waals surface area contributed by atoms with E-state index in [9.17, 15) is 19.4 Å². The second kappa shape index (κ2) is 55.0. The van der Waals surface area contributed by atoms with Crippen LogP contribution in [0.1, 0.15) is 335 Å². The summed E-state index contributed by atoms with van der Waals surface area (Å²) in [4.78, 5) is 25.6. The number of carbonyl (C=O) groups is 1. The summed E-state index contributed by atoms with van der Waals surface area (Å²) in [6.07, 6.45) is 68.3. The van der Waals surface area contributed by atoms with E-state index in [4.69, 9.17) is 9.05 Å². The van der Waals surface area contributed by atoms with Crippen LogP contribution in [0.3, 0.4) is 0 Å². The topological polar surface area (TPSA) is 108 Å². The van der Waals surface area contributed by atoms with Crippen molar-refractivity contribution in [3.05, 3.63) is 12.2 Å². The first-order valence-corrected chi connectivity index (χ1v) is 33.5. The number of likely N-dealkylation sites (N-methyl/N-ethyl adjacent to an activating group) is 1. The summed E-state index contributed by atoms with van der Waals surface area (Å²) in [7, 11) is 1.32. The third kappa shape index (κ3) is 57.0. The second-order valence-electron chi connectivity index (χ2n) is 23.5. The highest BCUT2D eigenvalue weighted by Gasteiger charge is 2.24. The third-order valence-electron chi connectivity index (χ3n) is 15.0. The normalized spacial score (nSPS) is 13.8. The van der Waals surface area contributed by atoms with Crippen molar-refractivity contribution in [3.8, 4) is 0 Å². The van der Waals surface area contributed by atoms with Gasteiger partial charge in [-0.25, -0.2) is 0 Å². The Morgan fingerprint density at radius 1 is 0.472 bits per heavy atom. The number of aliphatic hydroxyl groups is 1. The van der Waals surface area contributed by atoms with Gasteiger partial charge in [-0.05, 0) is 38.5 Å². The van der Waals surface area contributed by atoms with Crippen molar-refractivity contribution in [3.63, 3.8) is 0 Å². The van der Waals surface area contributed by atoms with E-state index in [1.165, 1.54) is 270 Å². The van der Waals surface area contributed by atoms with E-state index in [2.05, 4.69) is 31.3 Å². The fraction of sp³-hybridized carbons (Fsp3) is 0.952. The lowest BCUT2D eigenvalue weighted by Gasteiger charge is -2.30. The number of aliphatic hydroxyl groups excluding tert-OH is 1. The molecule has 0 saturated carbocycles. The monoisotopic (exact) mass is 1040 g/mol. The van der Waals surface area contributed by atoms with Gasteiger partial charge in [0.05, 0.1) is 39.9 Å². The molecule has 8 nitrogen and oxygen atoms in total. The molecule has 1 amide bonds. The highest BCUT2D eigenvalue weighted by atomic mass is 31.2. The van der Waals surface area contributed by atoms with Crippen LogP contribution in [0.25, 0.3) is 0 Å². The van der Waals surface area contributed by atoms with Gasteiger partial charge in [0.25, 0.3) is 7.82 Å². The summed E-state index contributed by atoms with van der Waals surface area (Å²) < 4.78 is 23.5. The number of quaternary nitrogens is 1. The first-order valence-electron chi connectivity index (χ1n) is 32.0. The van der Waals surface area contributed by atoms with Gasteiger partial charge in [0.15, 0.2) is 0 Å². The van der Waals surface area contributed by atoms with E-state index in [1.54, 1.807) is 0 Å². The number of rotatable bonds is 60. The lowest BCUT2D eigenvalue weighted by Crippen LogP contribution is -2.46. The molecule has 0 aromatic carbocycles. The van der Waals surface area contributed by atoms with E-state index in [0.29, 0.717) is 23.9 Å². The zero-order valence-electron chi connectivity index (χ0n) is 49.2. The van der Waals surface area contributed by atoms with Crippen molar-refractivity contribution in [2.24, 2.45) is 0 Å². The Bertz CT molecular complexity index is 1180. The summed E-state index contributed by atoms with van der Waals surface area (Å²) in [5.74, 6) is -0.158. The molecule has 3 atom stereocenters. The minimum atomic E-state index is -4.57. The smallest absolute Gasteiger partial charge is 0.268 e. The van der Waals surface area contributed by atoms with E-state index in [-0.39, 0.29) is 19.1 Å². The van der Waals surface area contributed by atoms with Gasteiger partial charge in [0.2, 0.25) is 5.91 Å². The van der Waals surface area contributed by atoms with Crippen LogP contribution in [0.5, 0.6) is 0 Å². The number of hydrogen-bond acceptors (Lipinski definition) is 6. The van der Waals surface area contributed by atoms with Crippen molar-refractivity contribution in [1.29, 1.82) is 0 Å². The molecule has 430 valence electrons.